The molecular weight excluding hydrogens is 203 g/mol. The van der Waals surface area contributed by atoms with Crippen LogP contribution in [0, 0.1) is 0 Å². The molecule has 0 bridgehead atoms. The molecule has 0 saturated carbocycles. The van der Waals surface area contributed by atoms with Crippen LogP contribution in [0.5, 0.6) is 0 Å². The average Bonchev–Trinajstić information content (AvgIpc) is 0.918. The van der Waals surface area contributed by atoms with Gasteiger partial charge in [0, 0.05) is 17.1 Å². The maximum Gasteiger partial charge on any atom is 0 e. The Hall–Kier alpha value is 1.28. The van der Waals surface area contributed by atoms with Crippen LogP contribution in [-0.2, 0) is 20.1 Å². The molecule has 0 aliphatic rings. The van der Waals surface area contributed by atoms with Crippen molar-refractivity contribution < 1.29 is 20.1 Å². The summed E-state index contributed by atoms with van der Waals surface area (Å²) < 4.78 is 4.38. The monoisotopic (exact) mass is 208 g/mol. The molecule has 0 aliphatic heterocycles. The number of hydrogen-bond acceptors (Lipinski definition) is 1. The first-order valence-electron chi connectivity index (χ1n) is 0.644. The molecule has 0 rings (SSSR count). The van der Waals surface area contributed by atoms with E-state index in [2.05, 4.69) is 3.07 Å². The molecule has 0 aliphatic carbocycles. The zero-order chi connectivity index (χ0) is 2.71. The van der Waals surface area contributed by atoms with Crippen LogP contribution in [-0.4, -0.2) is 30.0 Å². The zero-order valence-corrected chi connectivity index (χ0v) is 6.74. The van der Waals surface area contributed by atoms with Crippen LogP contribution in [0.25, 0.3) is 0 Å². The molecular formula is CH4FeOSn. The molecule has 0 amide bonds. The SMILES string of the molecule is C[O][SnH].[Fe]. The van der Waals surface area contributed by atoms with E-state index in [4.69, 9.17) is 0 Å². The molecule has 0 aromatic rings. The van der Waals surface area contributed by atoms with Gasteiger partial charge in [-0.25, -0.2) is 0 Å². The minimum atomic E-state index is 0. The van der Waals surface area contributed by atoms with Gasteiger partial charge in [-0.3, -0.25) is 0 Å². The summed E-state index contributed by atoms with van der Waals surface area (Å²) in [4.78, 5) is 0. The molecule has 0 atom stereocenters. The second-order valence-electron chi connectivity index (χ2n) is 0.236. The topological polar surface area (TPSA) is 9.23 Å². The molecule has 1 nitrogen and oxygen atoms in total. The van der Waals surface area contributed by atoms with Gasteiger partial charge in [0.1, 0.15) is 0 Å². The van der Waals surface area contributed by atoms with Crippen LogP contribution >= 0.6 is 0 Å². The normalized spacial score (nSPS) is 4.50. The van der Waals surface area contributed by atoms with Gasteiger partial charge in [0.25, 0.3) is 0 Å². The smallest absolute Gasteiger partial charge is 0 e. The van der Waals surface area contributed by atoms with Crippen molar-refractivity contribution in [3.05, 3.63) is 0 Å². The maximum absolute atomic E-state index is 4.38. The van der Waals surface area contributed by atoms with Gasteiger partial charge in [0.2, 0.25) is 0 Å². The Morgan fingerprint density at radius 3 is 1.75 bits per heavy atom. The summed E-state index contributed by atoms with van der Waals surface area (Å²) in [6.07, 6.45) is 0. The molecule has 0 saturated heterocycles. The minimum Gasteiger partial charge on any atom is 0 e. The average molecular weight is 207 g/mol. The summed E-state index contributed by atoms with van der Waals surface area (Å²) >= 11 is 0.917. The molecule has 0 unspecified atom stereocenters. The molecule has 3 heteroatoms. The van der Waals surface area contributed by atoms with Crippen molar-refractivity contribution >= 4 is 22.9 Å². The molecule has 2 radical (unpaired) electrons. The fourth-order valence-corrected chi connectivity index (χ4v) is 0. The van der Waals surface area contributed by atoms with Gasteiger partial charge in [-0.05, 0) is 0 Å². The van der Waals surface area contributed by atoms with Crippen molar-refractivity contribution in [2.24, 2.45) is 0 Å². The first-order valence-corrected chi connectivity index (χ1v) is 1.99. The summed E-state index contributed by atoms with van der Waals surface area (Å²) in [6, 6.07) is 0. The van der Waals surface area contributed by atoms with Crippen LogP contribution in [0.2, 0.25) is 0 Å². The third-order valence-corrected chi connectivity index (χ3v) is 0. The molecule has 0 aromatic heterocycles. The van der Waals surface area contributed by atoms with E-state index in [0.717, 1.165) is 22.9 Å². The summed E-state index contributed by atoms with van der Waals surface area (Å²) in [6.45, 7) is 0. The van der Waals surface area contributed by atoms with E-state index in [1.807, 2.05) is 0 Å². The summed E-state index contributed by atoms with van der Waals surface area (Å²) in [7, 11) is 1.68. The van der Waals surface area contributed by atoms with Gasteiger partial charge >= 0.3 is 33.1 Å². The van der Waals surface area contributed by atoms with Gasteiger partial charge in [0.15, 0.2) is 0 Å². The molecule has 0 heterocycles. The molecule has 0 spiro atoms. The van der Waals surface area contributed by atoms with Gasteiger partial charge in [-0.2, -0.15) is 0 Å². The predicted molar refractivity (Wildman–Crippen MR) is 14.2 cm³/mol. The second kappa shape index (κ2) is 8.86. The van der Waals surface area contributed by atoms with Gasteiger partial charge in [0.05, 0.1) is 0 Å². The van der Waals surface area contributed by atoms with Crippen LogP contribution in [0.15, 0.2) is 0 Å². The largest absolute Gasteiger partial charge is 0 e. The van der Waals surface area contributed by atoms with Crippen molar-refractivity contribution in [3.63, 3.8) is 0 Å². The summed E-state index contributed by atoms with van der Waals surface area (Å²) in [5.41, 5.74) is 0. The first-order chi connectivity index (χ1) is 1.41. The van der Waals surface area contributed by atoms with E-state index in [1.165, 1.54) is 0 Å². The van der Waals surface area contributed by atoms with E-state index in [1.54, 1.807) is 7.11 Å². The molecule has 4 heavy (non-hydrogen) atoms. The third-order valence-electron chi connectivity index (χ3n) is 0. The van der Waals surface area contributed by atoms with Crippen LogP contribution in [0.4, 0.5) is 0 Å². The fourth-order valence-electron chi connectivity index (χ4n) is 0. The molecule has 0 N–H and O–H groups in total. The Morgan fingerprint density at radius 2 is 1.75 bits per heavy atom. The predicted octanol–water partition coefficient (Wildman–Crippen LogP) is -0.554. The Balaban J connectivity index is 0. The molecule has 26 valence electrons. The second-order valence-corrected chi connectivity index (χ2v) is 1.58. The first kappa shape index (κ1) is 8.99. The van der Waals surface area contributed by atoms with Gasteiger partial charge in [-0.1, -0.05) is 0 Å². The number of hydrogen-bond donors (Lipinski definition) is 0. The van der Waals surface area contributed by atoms with Crippen LogP contribution in [0.3, 0.4) is 0 Å². The van der Waals surface area contributed by atoms with E-state index in [-0.39, 0.29) is 17.1 Å². The molecule has 0 aromatic carbocycles. The van der Waals surface area contributed by atoms with E-state index in [0.29, 0.717) is 0 Å². The van der Waals surface area contributed by atoms with Gasteiger partial charge in [-0.15, -0.1) is 0 Å². The van der Waals surface area contributed by atoms with Gasteiger partial charge < -0.3 is 0 Å². The summed E-state index contributed by atoms with van der Waals surface area (Å²) in [5, 5.41) is 0. The Kier molecular flexibility index (Phi) is 19.9. The Morgan fingerprint density at radius 1 is 1.75 bits per heavy atom. The fraction of sp³-hybridized carbons (Fsp3) is 1.00. The Labute approximate surface area is 50.2 Å². The van der Waals surface area contributed by atoms with Crippen LogP contribution < -0.4 is 0 Å². The van der Waals surface area contributed by atoms with Crippen molar-refractivity contribution in [3.8, 4) is 0 Å². The van der Waals surface area contributed by atoms with E-state index >= 15 is 0 Å². The quantitative estimate of drug-likeness (QED) is 0.483. The van der Waals surface area contributed by atoms with E-state index < -0.39 is 0 Å². The maximum atomic E-state index is 4.38. The standard InChI is InChI=1S/CH3O.Fe.Sn.H/c1-2;;;/h1H3;;;/q-1;;+1;. The Bertz CT molecular complexity index is 8.00. The molecule has 0 fully saturated rings. The zero-order valence-electron chi connectivity index (χ0n) is 2.34. The van der Waals surface area contributed by atoms with Crippen molar-refractivity contribution in [2.75, 3.05) is 7.11 Å². The van der Waals surface area contributed by atoms with Crippen molar-refractivity contribution in [1.29, 1.82) is 0 Å². The van der Waals surface area contributed by atoms with Crippen molar-refractivity contribution in [1.82, 2.24) is 0 Å². The number of rotatable bonds is 0. The van der Waals surface area contributed by atoms with Crippen molar-refractivity contribution in [2.45, 2.75) is 0 Å². The summed E-state index contributed by atoms with van der Waals surface area (Å²) in [5.74, 6) is 0. The van der Waals surface area contributed by atoms with E-state index in [9.17, 15) is 0 Å². The van der Waals surface area contributed by atoms with Crippen LogP contribution in [0.1, 0.15) is 0 Å². The minimum absolute atomic E-state index is 0. The third kappa shape index (κ3) is 10.4.